The van der Waals surface area contributed by atoms with E-state index < -0.39 is 0 Å². The molecule has 4 aliphatic rings. The van der Waals surface area contributed by atoms with Gasteiger partial charge in [-0.1, -0.05) is 13.8 Å². The van der Waals surface area contributed by atoms with Crippen molar-refractivity contribution in [2.24, 2.45) is 40.2 Å². The van der Waals surface area contributed by atoms with E-state index in [4.69, 9.17) is 10.5 Å². The maximum Gasteiger partial charge on any atom is 0.103 e. The number of aliphatic hydroxyl groups is 1. The molecule has 138 valence electrons. The van der Waals surface area contributed by atoms with Gasteiger partial charge < -0.3 is 15.6 Å². The molecule has 3 heteroatoms. The Hall–Kier alpha value is -0.120. The fraction of sp³-hybridized carbons (Fsp3) is 1.00. The van der Waals surface area contributed by atoms with Crippen molar-refractivity contribution in [2.75, 3.05) is 0 Å². The summed E-state index contributed by atoms with van der Waals surface area (Å²) in [5, 5.41) is 10.6. The van der Waals surface area contributed by atoms with Gasteiger partial charge in [-0.2, -0.15) is 0 Å². The zero-order valence-corrected chi connectivity index (χ0v) is 15.8. The van der Waals surface area contributed by atoms with Crippen LogP contribution in [0.2, 0.25) is 0 Å². The van der Waals surface area contributed by atoms with Gasteiger partial charge >= 0.3 is 0 Å². The molecule has 0 saturated heterocycles. The Labute approximate surface area is 147 Å². The molecule has 0 amide bonds. The Morgan fingerprint density at radius 3 is 2.42 bits per heavy atom. The maximum atomic E-state index is 10.6. The summed E-state index contributed by atoms with van der Waals surface area (Å²) in [5.41, 5.74) is 6.57. The molecular formula is C21H37NO2. The van der Waals surface area contributed by atoms with Crippen LogP contribution in [0.4, 0.5) is 0 Å². The van der Waals surface area contributed by atoms with Crippen molar-refractivity contribution in [3.63, 3.8) is 0 Å². The first-order valence-corrected chi connectivity index (χ1v) is 10.4. The highest BCUT2D eigenvalue weighted by Gasteiger charge is 2.60. The maximum absolute atomic E-state index is 10.6. The molecule has 4 fully saturated rings. The van der Waals surface area contributed by atoms with Crippen molar-refractivity contribution in [3.05, 3.63) is 0 Å². The third-order valence-corrected chi connectivity index (χ3v) is 8.97. The molecule has 0 aromatic heterocycles. The van der Waals surface area contributed by atoms with Crippen LogP contribution in [0.3, 0.4) is 0 Å². The Morgan fingerprint density at radius 2 is 1.67 bits per heavy atom. The highest BCUT2D eigenvalue weighted by atomic mass is 16.5. The van der Waals surface area contributed by atoms with E-state index in [1.807, 2.05) is 6.92 Å². The van der Waals surface area contributed by atoms with E-state index in [1.165, 1.54) is 51.4 Å². The van der Waals surface area contributed by atoms with Gasteiger partial charge in [0.1, 0.15) is 6.23 Å². The third kappa shape index (κ3) is 2.49. The summed E-state index contributed by atoms with van der Waals surface area (Å²) in [4.78, 5) is 0. The lowest BCUT2D eigenvalue weighted by Crippen LogP contribution is -2.54. The third-order valence-electron chi connectivity index (χ3n) is 8.97. The summed E-state index contributed by atoms with van der Waals surface area (Å²) in [6.45, 7) is 6.93. The molecule has 0 aromatic carbocycles. The monoisotopic (exact) mass is 335 g/mol. The summed E-state index contributed by atoms with van der Waals surface area (Å²) in [7, 11) is 0. The van der Waals surface area contributed by atoms with Crippen molar-refractivity contribution in [3.8, 4) is 0 Å². The highest BCUT2D eigenvalue weighted by Crippen LogP contribution is 2.66. The number of aliphatic hydroxyl groups excluding tert-OH is 1. The molecule has 0 radical (unpaired) electrons. The van der Waals surface area contributed by atoms with Crippen molar-refractivity contribution in [1.29, 1.82) is 0 Å². The number of rotatable bonds is 2. The first kappa shape index (κ1) is 17.3. The van der Waals surface area contributed by atoms with Crippen molar-refractivity contribution >= 4 is 0 Å². The van der Waals surface area contributed by atoms with E-state index in [0.29, 0.717) is 11.5 Å². The molecule has 0 spiro atoms. The molecule has 24 heavy (non-hydrogen) atoms. The lowest BCUT2D eigenvalue weighted by Gasteiger charge is -2.60. The van der Waals surface area contributed by atoms with Gasteiger partial charge in [0.15, 0.2) is 0 Å². The molecule has 4 rings (SSSR count). The summed E-state index contributed by atoms with van der Waals surface area (Å²) >= 11 is 0. The zero-order chi connectivity index (χ0) is 17.1. The van der Waals surface area contributed by atoms with E-state index in [-0.39, 0.29) is 17.7 Å². The topological polar surface area (TPSA) is 55.5 Å². The van der Waals surface area contributed by atoms with Crippen LogP contribution in [-0.2, 0) is 4.74 Å². The van der Waals surface area contributed by atoms with Gasteiger partial charge in [0, 0.05) is 0 Å². The number of hydrogen-bond acceptors (Lipinski definition) is 3. The van der Waals surface area contributed by atoms with E-state index in [0.717, 1.165) is 30.1 Å². The molecule has 4 aliphatic carbocycles. The SMILES string of the molecule is CC(N)OC1CC[C@@]2(C)C(CC[C@@H]3[C@@H]2CC[C@]2(C)C(O)CC[C@@H]32)C1. The van der Waals surface area contributed by atoms with Crippen LogP contribution in [0.15, 0.2) is 0 Å². The largest absolute Gasteiger partial charge is 0.393 e. The first-order chi connectivity index (χ1) is 11.3. The molecule has 3 N–H and O–H groups in total. The minimum absolute atomic E-state index is 0.0517. The molecule has 0 bridgehead atoms. The predicted octanol–water partition coefficient (Wildman–Crippen LogP) is 4.08. The second kappa shape index (κ2) is 5.96. The predicted molar refractivity (Wildman–Crippen MR) is 96.3 cm³/mol. The lowest BCUT2D eigenvalue weighted by atomic mass is 9.45. The first-order valence-electron chi connectivity index (χ1n) is 10.4. The number of ether oxygens (including phenoxy) is 1. The van der Waals surface area contributed by atoms with Crippen LogP contribution in [0.25, 0.3) is 0 Å². The van der Waals surface area contributed by atoms with Crippen molar-refractivity contribution in [1.82, 2.24) is 0 Å². The smallest absolute Gasteiger partial charge is 0.103 e. The summed E-state index contributed by atoms with van der Waals surface area (Å²) in [6.07, 6.45) is 11.5. The molecule has 0 heterocycles. The number of fused-ring (bicyclic) bond motifs is 5. The van der Waals surface area contributed by atoms with Gasteiger partial charge in [0.25, 0.3) is 0 Å². The van der Waals surface area contributed by atoms with Crippen LogP contribution in [-0.4, -0.2) is 23.5 Å². The quantitative estimate of drug-likeness (QED) is 0.748. The van der Waals surface area contributed by atoms with Crippen LogP contribution < -0.4 is 5.73 Å². The number of hydrogen-bond donors (Lipinski definition) is 2. The lowest BCUT2D eigenvalue weighted by molar-refractivity contribution is -0.146. The second-order valence-corrected chi connectivity index (χ2v) is 10.0. The molecule has 0 aromatic rings. The van der Waals surface area contributed by atoms with Crippen LogP contribution in [0.1, 0.15) is 78.6 Å². The van der Waals surface area contributed by atoms with Gasteiger partial charge in [-0.15, -0.1) is 0 Å². The summed E-state index contributed by atoms with van der Waals surface area (Å²) in [6, 6.07) is 0. The van der Waals surface area contributed by atoms with E-state index in [9.17, 15) is 5.11 Å². The van der Waals surface area contributed by atoms with Gasteiger partial charge in [-0.25, -0.2) is 0 Å². The Morgan fingerprint density at radius 1 is 0.958 bits per heavy atom. The van der Waals surface area contributed by atoms with E-state index >= 15 is 0 Å². The standard InChI is InChI=1S/C21H37NO2/c1-13(22)24-15-8-10-20(2)14(12-15)4-5-16-17-6-7-19(23)21(17,3)11-9-18(16)20/h13-19,23H,4-12,22H2,1-3H3/t13?,14?,15?,16-,17-,18-,19?,20-,21-/m0/s1. The van der Waals surface area contributed by atoms with E-state index in [2.05, 4.69) is 13.8 Å². The molecule has 3 nitrogen and oxygen atoms in total. The zero-order valence-electron chi connectivity index (χ0n) is 15.8. The molecule has 4 unspecified atom stereocenters. The van der Waals surface area contributed by atoms with Gasteiger partial charge in [0.2, 0.25) is 0 Å². The average molecular weight is 336 g/mol. The van der Waals surface area contributed by atoms with E-state index in [1.54, 1.807) is 0 Å². The molecule has 9 atom stereocenters. The highest BCUT2D eigenvalue weighted by molar-refractivity contribution is 5.09. The molecule has 0 aliphatic heterocycles. The minimum Gasteiger partial charge on any atom is -0.393 e. The molecule has 4 saturated carbocycles. The molecular weight excluding hydrogens is 298 g/mol. The van der Waals surface area contributed by atoms with Gasteiger partial charge in [-0.3, -0.25) is 0 Å². The Kier molecular flexibility index (Phi) is 4.29. The van der Waals surface area contributed by atoms with Crippen molar-refractivity contribution in [2.45, 2.75) is 97.0 Å². The van der Waals surface area contributed by atoms with Crippen LogP contribution >= 0.6 is 0 Å². The Bertz CT molecular complexity index is 480. The average Bonchev–Trinajstić information content (AvgIpc) is 2.83. The summed E-state index contributed by atoms with van der Waals surface area (Å²) < 4.78 is 5.97. The van der Waals surface area contributed by atoms with Crippen LogP contribution in [0, 0.1) is 34.5 Å². The fourth-order valence-corrected chi connectivity index (χ4v) is 7.62. The normalized spacial score (nSPS) is 55.4. The minimum atomic E-state index is -0.133. The number of nitrogens with two attached hydrogens (primary N) is 1. The van der Waals surface area contributed by atoms with Crippen LogP contribution in [0.5, 0.6) is 0 Å². The fourth-order valence-electron chi connectivity index (χ4n) is 7.62. The van der Waals surface area contributed by atoms with Crippen molar-refractivity contribution < 1.29 is 9.84 Å². The van der Waals surface area contributed by atoms with Gasteiger partial charge in [-0.05, 0) is 99.2 Å². The second-order valence-electron chi connectivity index (χ2n) is 10.0. The summed E-state index contributed by atoms with van der Waals surface area (Å²) in [5.74, 6) is 3.30. The van der Waals surface area contributed by atoms with Gasteiger partial charge in [0.05, 0.1) is 12.2 Å². The Balaban J connectivity index is 1.52.